The zero-order chi connectivity index (χ0) is 23.3. The second kappa shape index (κ2) is 9.88. The van der Waals surface area contributed by atoms with E-state index in [-0.39, 0.29) is 22.7 Å². The number of carbonyl (C=O) groups excluding carboxylic acids is 2. The van der Waals surface area contributed by atoms with E-state index in [1.807, 2.05) is 30.3 Å². The van der Waals surface area contributed by atoms with Crippen molar-refractivity contribution >= 4 is 37.2 Å². The van der Waals surface area contributed by atoms with Crippen molar-refractivity contribution in [1.29, 1.82) is 0 Å². The van der Waals surface area contributed by atoms with Gasteiger partial charge >= 0.3 is 0 Å². The van der Waals surface area contributed by atoms with E-state index in [0.29, 0.717) is 0 Å². The summed E-state index contributed by atoms with van der Waals surface area (Å²) in [4.78, 5) is 31.0. The van der Waals surface area contributed by atoms with Crippen LogP contribution in [0.15, 0.2) is 78.0 Å². The number of hydrogen-bond acceptors (Lipinski definition) is 5. The number of amides is 2. The Balaban J connectivity index is 1.85. The van der Waals surface area contributed by atoms with Crippen LogP contribution in [0.25, 0.3) is 0 Å². The van der Waals surface area contributed by atoms with Crippen LogP contribution < -0.4 is 5.32 Å². The smallest absolute Gasteiger partial charge is 0.278 e. The molecule has 2 amide bonds. The molecule has 0 bridgehead atoms. The molecule has 0 spiro atoms. The Bertz CT molecular complexity index is 1200. The summed E-state index contributed by atoms with van der Waals surface area (Å²) in [6.45, 7) is 0. The van der Waals surface area contributed by atoms with Crippen molar-refractivity contribution in [2.24, 2.45) is 0 Å². The van der Waals surface area contributed by atoms with Gasteiger partial charge in [0, 0.05) is 29.7 Å². The highest BCUT2D eigenvalue weighted by Crippen LogP contribution is 2.17. The number of carbonyl (C=O) groups is 2. The maximum Gasteiger partial charge on any atom is 0.278 e. The number of rotatable bonds is 7. The van der Waals surface area contributed by atoms with Crippen molar-refractivity contribution in [3.63, 3.8) is 0 Å². The lowest BCUT2D eigenvalue weighted by Gasteiger charge is -2.27. The molecule has 1 atom stereocenters. The largest absolute Gasteiger partial charge is 0.329 e. The van der Waals surface area contributed by atoms with Crippen LogP contribution in [0.3, 0.4) is 0 Å². The average Bonchev–Trinajstić information content (AvgIpc) is 2.77. The Kier molecular flexibility index (Phi) is 7.22. The van der Waals surface area contributed by atoms with Gasteiger partial charge in [-0.05, 0) is 42.0 Å². The maximum atomic E-state index is 13.2. The molecule has 0 aliphatic rings. The van der Waals surface area contributed by atoms with E-state index >= 15 is 0 Å². The molecular weight excluding hydrogens is 457 g/mol. The van der Waals surface area contributed by atoms with E-state index in [1.165, 1.54) is 42.3 Å². The first kappa shape index (κ1) is 23.4. The topological polar surface area (TPSA) is 96.4 Å². The molecule has 1 heterocycles. The molecule has 0 unspecified atom stereocenters. The number of nitrogens with zero attached hydrogens (tertiary/aromatic N) is 2. The first-order valence-corrected chi connectivity index (χ1v) is 11.7. The Labute approximate surface area is 189 Å². The van der Waals surface area contributed by atoms with Crippen LogP contribution in [0.2, 0.25) is 0 Å². The quantitative estimate of drug-likeness (QED) is 0.528. The van der Waals surface area contributed by atoms with Gasteiger partial charge in [0.25, 0.3) is 15.0 Å². The lowest BCUT2D eigenvalue weighted by molar-refractivity contribution is -0.120. The maximum absolute atomic E-state index is 13.2. The second-order valence-electron chi connectivity index (χ2n) is 6.94. The SMILES string of the molecule is CN(C(=O)c1ccc(F)cc1)[C@@H](Cc1ccccc1)C(=O)Nc1ccc(S(=O)(=O)Cl)nc1. The number of hydrogen-bond donors (Lipinski definition) is 1. The first-order chi connectivity index (χ1) is 15.1. The average molecular weight is 476 g/mol. The minimum absolute atomic E-state index is 0.220. The normalized spacial score (nSPS) is 12.1. The van der Waals surface area contributed by atoms with Crippen molar-refractivity contribution < 1.29 is 22.4 Å². The molecule has 166 valence electrons. The number of benzene rings is 2. The van der Waals surface area contributed by atoms with Gasteiger partial charge in [0.1, 0.15) is 11.9 Å². The molecule has 3 aromatic rings. The van der Waals surface area contributed by atoms with Crippen LogP contribution in [0.1, 0.15) is 15.9 Å². The third-order valence-electron chi connectivity index (χ3n) is 4.71. The molecule has 0 saturated heterocycles. The Hall–Kier alpha value is -3.30. The van der Waals surface area contributed by atoms with E-state index in [0.717, 1.165) is 17.8 Å². The molecule has 32 heavy (non-hydrogen) atoms. The Morgan fingerprint density at radius 2 is 1.72 bits per heavy atom. The highest BCUT2D eigenvalue weighted by molar-refractivity contribution is 8.13. The fraction of sp³-hybridized carbons (Fsp3) is 0.136. The van der Waals surface area contributed by atoms with Gasteiger partial charge in [0.2, 0.25) is 5.91 Å². The van der Waals surface area contributed by atoms with Crippen LogP contribution in [0, 0.1) is 5.82 Å². The molecule has 0 saturated carbocycles. The molecule has 0 radical (unpaired) electrons. The molecular formula is C22H19ClFN3O4S. The monoisotopic (exact) mass is 475 g/mol. The zero-order valence-electron chi connectivity index (χ0n) is 16.9. The van der Waals surface area contributed by atoms with E-state index < -0.39 is 32.7 Å². The zero-order valence-corrected chi connectivity index (χ0v) is 18.5. The van der Waals surface area contributed by atoms with Gasteiger partial charge in [-0.25, -0.2) is 17.8 Å². The summed E-state index contributed by atoms with van der Waals surface area (Å²) < 4.78 is 35.9. The van der Waals surface area contributed by atoms with E-state index in [2.05, 4.69) is 10.3 Å². The van der Waals surface area contributed by atoms with Gasteiger partial charge in [0.05, 0.1) is 11.9 Å². The third-order valence-corrected chi connectivity index (χ3v) is 5.92. The highest BCUT2D eigenvalue weighted by atomic mass is 35.7. The Morgan fingerprint density at radius 3 is 2.28 bits per heavy atom. The van der Waals surface area contributed by atoms with Gasteiger partial charge in [-0.15, -0.1) is 0 Å². The molecule has 2 aromatic carbocycles. The molecule has 10 heteroatoms. The van der Waals surface area contributed by atoms with Crippen LogP contribution in [-0.4, -0.2) is 43.2 Å². The minimum Gasteiger partial charge on any atom is -0.329 e. The van der Waals surface area contributed by atoms with Crippen molar-refractivity contribution in [3.05, 3.63) is 89.9 Å². The van der Waals surface area contributed by atoms with Crippen molar-refractivity contribution in [3.8, 4) is 0 Å². The minimum atomic E-state index is -3.99. The van der Waals surface area contributed by atoms with Gasteiger partial charge < -0.3 is 10.2 Å². The molecule has 0 fully saturated rings. The number of anilines is 1. The van der Waals surface area contributed by atoms with Gasteiger partial charge in [-0.2, -0.15) is 0 Å². The summed E-state index contributed by atoms with van der Waals surface area (Å²) in [5, 5.41) is 2.30. The summed E-state index contributed by atoms with van der Waals surface area (Å²) in [6, 6.07) is 15.8. The highest BCUT2D eigenvalue weighted by Gasteiger charge is 2.28. The van der Waals surface area contributed by atoms with Crippen molar-refractivity contribution in [1.82, 2.24) is 9.88 Å². The van der Waals surface area contributed by atoms with Gasteiger partial charge in [0.15, 0.2) is 5.03 Å². The molecule has 3 rings (SSSR count). The van der Waals surface area contributed by atoms with E-state index in [9.17, 15) is 22.4 Å². The number of nitrogens with one attached hydrogen (secondary N) is 1. The standard InChI is InChI=1S/C22H19ClFN3O4S/c1-27(22(29)16-7-9-17(24)10-8-16)19(13-15-5-3-2-4-6-15)21(28)26-18-11-12-20(25-14-18)32(23,30)31/h2-12,14,19H,13H2,1H3,(H,26,28)/t19-/m0/s1. The van der Waals surface area contributed by atoms with Crippen LogP contribution >= 0.6 is 10.7 Å². The summed E-state index contributed by atoms with van der Waals surface area (Å²) in [7, 11) is 2.75. The number of halogens is 2. The predicted octanol–water partition coefficient (Wildman–Crippen LogP) is 3.47. The van der Waals surface area contributed by atoms with Crippen molar-refractivity contribution in [2.45, 2.75) is 17.5 Å². The predicted molar refractivity (Wildman–Crippen MR) is 118 cm³/mol. The summed E-state index contributed by atoms with van der Waals surface area (Å²) in [5.41, 5.74) is 1.30. The first-order valence-electron chi connectivity index (χ1n) is 9.43. The number of pyridine rings is 1. The number of likely N-dealkylation sites (N-methyl/N-ethyl adjacent to an activating group) is 1. The fourth-order valence-electron chi connectivity index (χ4n) is 3.00. The molecule has 7 nitrogen and oxygen atoms in total. The second-order valence-corrected chi connectivity index (χ2v) is 9.45. The Morgan fingerprint density at radius 1 is 1.06 bits per heavy atom. The lowest BCUT2D eigenvalue weighted by atomic mass is 10.0. The molecule has 1 N–H and O–H groups in total. The third kappa shape index (κ3) is 5.89. The molecule has 0 aliphatic carbocycles. The van der Waals surface area contributed by atoms with Gasteiger partial charge in [-0.1, -0.05) is 30.3 Å². The summed E-state index contributed by atoms with van der Waals surface area (Å²) in [5.74, 6) is -1.43. The fourth-order valence-corrected chi connectivity index (χ4v) is 3.69. The number of aromatic nitrogens is 1. The van der Waals surface area contributed by atoms with E-state index in [1.54, 1.807) is 0 Å². The van der Waals surface area contributed by atoms with Gasteiger partial charge in [-0.3, -0.25) is 9.59 Å². The van der Waals surface area contributed by atoms with Crippen LogP contribution in [0.4, 0.5) is 10.1 Å². The summed E-state index contributed by atoms with van der Waals surface area (Å²) >= 11 is 0. The molecule has 1 aromatic heterocycles. The summed E-state index contributed by atoms with van der Waals surface area (Å²) in [6.07, 6.45) is 1.38. The van der Waals surface area contributed by atoms with Crippen LogP contribution in [0.5, 0.6) is 0 Å². The molecule has 0 aliphatic heterocycles. The lowest BCUT2D eigenvalue weighted by Crippen LogP contribution is -2.46. The van der Waals surface area contributed by atoms with Crippen molar-refractivity contribution in [2.75, 3.05) is 12.4 Å². The van der Waals surface area contributed by atoms with E-state index in [4.69, 9.17) is 10.7 Å². The van der Waals surface area contributed by atoms with Crippen LogP contribution in [-0.2, 0) is 20.3 Å².